The Balaban J connectivity index is 0.00000242. The van der Waals surface area contributed by atoms with Crippen LogP contribution < -0.4 is 10.1 Å². The van der Waals surface area contributed by atoms with E-state index in [-0.39, 0.29) is 24.6 Å². The molecular formula is C17H29ClN2O2. The van der Waals surface area contributed by atoms with E-state index in [4.69, 9.17) is 4.74 Å². The van der Waals surface area contributed by atoms with Crippen LogP contribution in [0.5, 0.6) is 5.75 Å². The lowest BCUT2D eigenvalue weighted by Gasteiger charge is -2.35. The Kier molecular flexibility index (Phi) is 7.63. The zero-order chi connectivity index (χ0) is 15.3. The van der Waals surface area contributed by atoms with Gasteiger partial charge in [0.05, 0.1) is 0 Å². The standard InChI is InChI=1S/C17H28N2O2.ClH/c1-17(2,3)21-15-6-4-14(5-7-15)16(8-13-20)19-11-9-18-10-12-19;/h4-7,16,18,20H,8-13H2,1-3H3;1H/t16-;/m1./s1. The van der Waals surface area contributed by atoms with Gasteiger partial charge in [-0.1, -0.05) is 12.1 Å². The van der Waals surface area contributed by atoms with Crippen molar-refractivity contribution in [2.45, 2.75) is 38.8 Å². The van der Waals surface area contributed by atoms with Crippen LogP contribution in [-0.2, 0) is 0 Å². The molecule has 0 unspecified atom stereocenters. The van der Waals surface area contributed by atoms with Crippen LogP contribution in [0.25, 0.3) is 0 Å². The number of piperazine rings is 1. The molecule has 1 aliphatic rings. The molecule has 0 radical (unpaired) electrons. The molecule has 0 bridgehead atoms. The number of ether oxygens (including phenoxy) is 1. The van der Waals surface area contributed by atoms with Crippen molar-refractivity contribution >= 4 is 12.4 Å². The second kappa shape index (κ2) is 8.73. The van der Waals surface area contributed by atoms with Crippen molar-refractivity contribution in [3.05, 3.63) is 29.8 Å². The molecule has 1 aromatic carbocycles. The molecular weight excluding hydrogens is 300 g/mol. The average Bonchev–Trinajstić information content (AvgIpc) is 2.45. The first-order valence-electron chi connectivity index (χ1n) is 7.84. The maximum absolute atomic E-state index is 9.37. The SMILES string of the molecule is CC(C)(C)Oc1ccc([C@@H](CCO)N2CCNCC2)cc1.Cl. The van der Waals surface area contributed by atoms with Gasteiger partial charge in [-0.2, -0.15) is 0 Å². The van der Waals surface area contributed by atoms with Crippen molar-refractivity contribution in [2.75, 3.05) is 32.8 Å². The summed E-state index contributed by atoms with van der Waals surface area (Å²) in [6.45, 7) is 10.5. The molecule has 0 amide bonds. The van der Waals surface area contributed by atoms with E-state index in [9.17, 15) is 5.11 Å². The van der Waals surface area contributed by atoms with Gasteiger partial charge in [0.2, 0.25) is 0 Å². The highest BCUT2D eigenvalue weighted by Gasteiger charge is 2.22. The Hall–Kier alpha value is -0.810. The molecule has 1 aromatic rings. The third-order valence-electron chi connectivity index (χ3n) is 3.68. The van der Waals surface area contributed by atoms with Crippen molar-refractivity contribution in [3.63, 3.8) is 0 Å². The third-order valence-corrected chi connectivity index (χ3v) is 3.68. The van der Waals surface area contributed by atoms with Gasteiger partial charge in [0.1, 0.15) is 11.4 Å². The molecule has 0 aromatic heterocycles. The van der Waals surface area contributed by atoms with Crippen LogP contribution >= 0.6 is 12.4 Å². The number of aliphatic hydroxyl groups excluding tert-OH is 1. The van der Waals surface area contributed by atoms with Crippen LogP contribution in [0.1, 0.15) is 38.8 Å². The molecule has 4 nitrogen and oxygen atoms in total. The molecule has 0 spiro atoms. The lowest BCUT2D eigenvalue weighted by Crippen LogP contribution is -2.45. The summed E-state index contributed by atoms with van der Waals surface area (Å²) in [5.41, 5.74) is 1.08. The third kappa shape index (κ3) is 5.76. The molecule has 1 atom stereocenters. The first-order chi connectivity index (χ1) is 9.99. The molecule has 1 fully saturated rings. The predicted octanol–water partition coefficient (Wildman–Crippen LogP) is 2.61. The molecule has 126 valence electrons. The number of rotatable bonds is 5. The van der Waals surface area contributed by atoms with Gasteiger partial charge >= 0.3 is 0 Å². The summed E-state index contributed by atoms with van der Waals surface area (Å²) in [5, 5.41) is 12.7. The highest BCUT2D eigenvalue weighted by Crippen LogP contribution is 2.27. The van der Waals surface area contributed by atoms with Gasteiger partial charge in [0.15, 0.2) is 0 Å². The molecule has 5 heteroatoms. The Labute approximate surface area is 140 Å². The number of benzene rings is 1. The van der Waals surface area contributed by atoms with Gasteiger partial charge < -0.3 is 15.2 Å². The minimum absolute atomic E-state index is 0. The van der Waals surface area contributed by atoms with Crippen molar-refractivity contribution in [1.82, 2.24) is 10.2 Å². The minimum atomic E-state index is -0.176. The van der Waals surface area contributed by atoms with Crippen molar-refractivity contribution in [1.29, 1.82) is 0 Å². The summed E-state index contributed by atoms with van der Waals surface area (Å²) >= 11 is 0. The first kappa shape index (κ1) is 19.2. The van der Waals surface area contributed by atoms with Crippen molar-refractivity contribution in [3.8, 4) is 5.75 Å². The Morgan fingerprint density at radius 1 is 1.18 bits per heavy atom. The largest absolute Gasteiger partial charge is 0.488 e. The number of nitrogens with one attached hydrogen (secondary N) is 1. The van der Waals surface area contributed by atoms with Crippen molar-refractivity contribution in [2.24, 2.45) is 0 Å². The zero-order valence-electron chi connectivity index (χ0n) is 13.8. The number of aliphatic hydroxyl groups is 1. The fourth-order valence-corrected chi connectivity index (χ4v) is 2.79. The molecule has 22 heavy (non-hydrogen) atoms. The molecule has 1 saturated heterocycles. The fraction of sp³-hybridized carbons (Fsp3) is 0.647. The second-order valence-electron chi connectivity index (χ2n) is 6.60. The molecule has 1 heterocycles. The van der Waals surface area contributed by atoms with E-state index in [1.807, 2.05) is 12.1 Å². The van der Waals surface area contributed by atoms with Gasteiger partial charge in [-0.05, 0) is 44.9 Å². The van der Waals surface area contributed by atoms with Crippen LogP contribution in [0, 0.1) is 0 Å². The number of halogens is 1. The number of hydrogen-bond acceptors (Lipinski definition) is 4. The maximum atomic E-state index is 9.37. The predicted molar refractivity (Wildman–Crippen MR) is 93.0 cm³/mol. The lowest BCUT2D eigenvalue weighted by atomic mass is 10.0. The first-order valence-corrected chi connectivity index (χ1v) is 7.84. The summed E-state index contributed by atoms with van der Waals surface area (Å²) in [6.07, 6.45) is 0.777. The molecule has 0 aliphatic carbocycles. The Morgan fingerprint density at radius 3 is 2.27 bits per heavy atom. The normalized spacial score (nSPS) is 17.6. The molecule has 0 saturated carbocycles. The van der Waals surface area contributed by atoms with Crippen LogP contribution in [0.3, 0.4) is 0 Å². The summed E-state index contributed by atoms with van der Waals surface area (Å²) in [6, 6.07) is 8.62. The second-order valence-corrected chi connectivity index (χ2v) is 6.60. The van der Waals surface area contributed by atoms with E-state index in [0.29, 0.717) is 6.04 Å². The van der Waals surface area contributed by atoms with E-state index in [0.717, 1.165) is 38.3 Å². The van der Waals surface area contributed by atoms with Crippen molar-refractivity contribution < 1.29 is 9.84 Å². The lowest BCUT2D eigenvalue weighted by molar-refractivity contribution is 0.130. The molecule has 2 N–H and O–H groups in total. The number of nitrogens with zero attached hydrogens (tertiary/aromatic N) is 1. The highest BCUT2D eigenvalue weighted by atomic mass is 35.5. The summed E-state index contributed by atoms with van der Waals surface area (Å²) < 4.78 is 5.87. The monoisotopic (exact) mass is 328 g/mol. The zero-order valence-corrected chi connectivity index (χ0v) is 14.7. The topological polar surface area (TPSA) is 44.7 Å². The van der Waals surface area contributed by atoms with Gasteiger partial charge in [-0.15, -0.1) is 12.4 Å². The molecule has 2 rings (SSSR count). The molecule has 1 aliphatic heterocycles. The number of hydrogen-bond donors (Lipinski definition) is 2. The quantitative estimate of drug-likeness (QED) is 0.872. The van der Waals surface area contributed by atoms with Crippen LogP contribution in [-0.4, -0.2) is 48.4 Å². The highest BCUT2D eigenvalue weighted by molar-refractivity contribution is 5.85. The summed E-state index contributed by atoms with van der Waals surface area (Å²) in [4.78, 5) is 2.45. The van der Waals surface area contributed by atoms with Gasteiger partial charge in [-0.25, -0.2) is 0 Å². The van der Waals surface area contributed by atoms with Gasteiger partial charge in [0, 0.05) is 38.8 Å². The van der Waals surface area contributed by atoms with E-state index >= 15 is 0 Å². The minimum Gasteiger partial charge on any atom is -0.488 e. The maximum Gasteiger partial charge on any atom is 0.120 e. The summed E-state index contributed by atoms with van der Waals surface area (Å²) in [5.74, 6) is 0.898. The van der Waals surface area contributed by atoms with Crippen LogP contribution in [0.4, 0.5) is 0 Å². The average molecular weight is 329 g/mol. The van der Waals surface area contributed by atoms with Gasteiger partial charge in [-0.3, -0.25) is 4.90 Å². The fourth-order valence-electron chi connectivity index (χ4n) is 2.79. The Bertz CT molecular complexity index is 425. The smallest absolute Gasteiger partial charge is 0.120 e. The Morgan fingerprint density at radius 2 is 1.77 bits per heavy atom. The summed E-state index contributed by atoms with van der Waals surface area (Å²) in [7, 11) is 0. The van der Waals surface area contributed by atoms with E-state index in [2.05, 4.69) is 43.1 Å². The van der Waals surface area contributed by atoms with Gasteiger partial charge in [0.25, 0.3) is 0 Å². The van der Waals surface area contributed by atoms with E-state index in [1.165, 1.54) is 5.56 Å². The van der Waals surface area contributed by atoms with E-state index in [1.54, 1.807) is 0 Å². The van der Waals surface area contributed by atoms with Crippen LogP contribution in [0.2, 0.25) is 0 Å². The van der Waals surface area contributed by atoms with Crippen LogP contribution in [0.15, 0.2) is 24.3 Å². The van der Waals surface area contributed by atoms with E-state index < -0.39 is 0 Å².